The second-order valence-corrected chi connectivity index (χ2v) is 8.25. The van der Waals surface area contributed by atoms with Gasteiger partial charge < -0.3 is 14.8 Å². The quantitative estimate of drug-likeness (QED) is 0.298. The van der Waals surface area contributed by atoms with Crippen molar-refractivity contribution in [3.05, 3.63) is 89.4 Å². The van der Waals surface area contributed by atoms with Gasteiger partial charge in [-0.15, -0.1) is 6.58 Å². The molecule has 34 heavy (non-hydrogen) atoms. The summed E-state index contributed by atoms with van der Waals surface area (Å²) in [5, 5.41) is 7.66. The van der Waals surface area contributed by atoms with Crippen molar-refractivity contribution in [3.8, 4) is 11.5 Å². The summed E-state index contributed by atoms with van der Waals surface area (Å²) in [5.74, 6) is 1.28. The van der Waals surface area contributed by atoms with E-state index in [0.29, 0.717) is 28.9 Å². The molecule has 0 aliphatic carbocycles. The highest BCUT2D eigenvalue weighted by Crippen LogP contribution is 2.28. The van der Waals surface area contributed by atoms with Crippen LogP contribution in [0.15, 0.2) is 67.0 Å². The molecule has 2 aromatic carbocycles. The minimum absolute atomic E-state index is 0.229. The molecule has 1 aliphatic rings. The maximum Gasteiger partial charge on any atom is 0.281 e. The second-order valence-electron chi connectivity index (χ2n) is 7.86. The molecule has 1 N–H and O–H groups in total. The van der Waals surface area contributed by atoms with Gasteiger partial charge in [0.25, 0.3) is 5.91 Å². The fourth-order valence-corrected chi connectivity index (χ4v) is 4.14. The van der Waals surface area contributed by atoms with E-state index in [1.165, 1.54) is 4.90 Å². The third kappa shape index (κ3) is 4.72. The summed E-state index contributed by atoms with van der Waals surface area (Å²) < 4.78 is 13.3. The highest BCUT2D eigenvalue weighted by atomic mass is 32.1. The zero-order valence-electron chi connectivity index (χ0n) is 19.4. The Morgan fingerprint density at radius 1 is 1.18 bits per heavy atom. The van der Waals surface area contributed by atoms with Crippen LogP contribution in [0.25, 0.3) is 6.08 Å². The summed E-state index contributed by atoms with van der Waals surface area (Å²) >= 11 is 5.43. The molecule has 3 aromatic rings. The first-order valence-corrected chi connectivity index (χ1v) is 11.2. The van der Waals surface area contributed by atoms with Crippen LogP contribution in [0.5, 0.6) is 11.5 Å². The zero-order valence-corrected chi connectivity index (χ0v) is 20.2. The Hall–Kier alpha value is -3.91. The molecule has 0 atom stereocenters. The van der Waals surface area contributed by atoms with E-state index in [2.05, 4.69) is 17.0 Å². The van der Waals surface area contributed by atoms with Gasteiger partial charge in [-0.1, -0.05) is 30.3 Å². The minimum atomic E-state index is -0.229. The van der Waals surface area contributed by atoms with Gasteiger partial charge in [0.15, 0.2) is 5.11 Å². The Bertz CT molecular complexity index is 1290. The van der Waals surface area contributed by atoms with Gasteiger partial charge in [-0.2, -0.15) is 5.10 Å². The molecule has 1 amide bonds. The molecule has 4 rings (SSSR count). The molecule has 1 saturated heterocycles. The predicted molar refractivity (Wildman–Crippen MR) is 137 cm³/mol. The maximum atomic E-state index is 13.1. The molecule has 1 aromatic heterocycles. The molecule has 1 fully saturated rings. The second kappa shape index (κ2) is 9.93. The molecule has 174 valence electrons. The number of nitrogens with zero attached hydrogens (tertiary/aromatic N) is 3. The zero-order chi connectivity index (χ0) is 24.2. The number of thiocarbonyl (C=S) groups is 1. The maximum absolute atomic E-state index is 13.1. The van der Waals surface area contributed by atoms with E-state index in [-0.39, 0.29) is 5.91 Å². The lowest BCUT2D eigenvalue weighted by Gasteiger charge is -2.13. The van der Waals surface area contributed by atoms with E-state index < -0.39 is 0 Å². The van der Waals surface area contributed by atoms with Crippen molar-refractivity contribution in [1.29, 1.82) is 0 Å². The number of benzene rings is 2. The number of hydrogen-bond donors (Lipinski definition) is 1. The summed E-state index contributed by atoms with van der Waals surface area (Å²) in [5.41, 5.74) is 4.52. The van der Waals surface area contributed by atoms with E-state index >= 15 is 0 Å². The minimum Gasteiger partial charge on any atom is -0.496 e. The van der Waals surface area contributed by atoms with Crippen LogP contribution in [0.3, 0.4) is 0 Å². The van der Waals surface area contributed by atoms with Crippen LogP contribution in [-0.2, 0) is 24.9 Å². The van der Waals surface area contributed by atoms with Crippen LogP contribution in [0, 0.1) is 6.92 Å². The first-order valence-electron chi connectivity index (χ1n) is 10.8. The highest BCUT2D eigenvalue weighted by molar-refractivity contribution is 7.80. The summed E-state index contributed by atoms with van der Waals surface area (Å²) in [7, 11) is 3.43. The number of ether oxygens (including phenoxy) is 2. The lowest BCUT2D eigenvalue weighted by molar-refractivity contribution is -0.113. The van der Waals surface area contributed by atoms with Crippen molar-refractivity contribution in [2.24, 2.45) is 7.05 Å². The molecule has 1 aliphatic heterocycles. The smallest absolute Gasteiger partial charge is 0.281 e. The fourth-order valence-electron chi connectivity index (χ4n) is 3.85. The Kier molecular flexibility index (Phi) is 6.79. The lowest BCUT2D eigenvalue weighted by atomic mass is 10.1. The van der Waals surface area contributed by atoms with Crippen LogP contribution in [0.1, 0.15) is 22.4 Å². The van der Waals surface area contributed by atoms with Crippen LogP contribution in [-0.4, -0.2) is 27.9 Å². The largest absolute Gasteiger partial charge is 0.496 e. The molecule has 0 bridgehead atoms. The van der Waals surface area contributed by atoms with Crippen LogP contribution < -0.4 is 19.7 Å². The first-order chi connectivity index (χ1) is 16.4. The summed E-state index contributed by atoms with van der Waals surface area (Å²) in [6, 6.07) is 13.6. The molecule has 0 spiro atoms. The van der Waals surface area contributed by atoms with Crippen LogP contribution >= 0.6 is 12.2 Å². The van der Waals surface area contributed by atoms with Crippen molar-refractivity contribution in [3.63, 3.8) is 0 Å². The molecule has 0 radical (unpaired) electrons. The van der Waals surface area contributed by atoms with Gasteiger partial charge in [-0.3, -0.25) is 9.48 Å². The molecule has 7 nitrogen and oxygen atoms in total. The van der Waals surface area contributed by atoms with E-state index in [1.807, 2.05) is 55.5 Å². The monoisotopic (exact) mass is 474 g/mol. The number of amides is 1. The number of methoxy groups -OCH3 is 1. The number of allylic oxidation sites excluding steroid dienone is 1. The van der Waals surface area contributed by atoms with Crippen LogP contribution in [0.2, 0.25) is 0 Å². The number of aryl methyl sites for hydroxylation is 2. The number of carbonyl (C=O) groups is 1. The van der Waals surface area contributed by atoms with Gasteiger partial charge in [-0.05, 0) is 61.0 Å². The number of nitrogens with one attached hydrogen (secondary N) is 1. The molecular formula is C26H26N4O3S. The standard InChI is InChI=1S/C26H26N4O3S/c1-5-8-19-9-6-7-10-24(19)33-16-20-13-18(11-12-23(20)32-4)14-21-25(31)30(26(34)27-21)22-15-29(3)28-17(22)2/h5-7,9-15H,1,8,16H2,2-4H3,(H,27,34)/b21-14+. The predicted octanol–water partition coefficient (Wildman–Crippen LogP) is 4.31. The first kappa shape index (κ1) is 23.3. The Morgan fingerprint density at radius 3 is 2.68 bits per heavy atom. The van der Waals surface area contributed by atoms with Gasteiger partial charge in [-0.25, -0.2) is 4.90 Å². The van der Waals surface area contributed by atoms with E-state index in [0.717, 1.165) is 34.6 Å². The molecule has 2 heterocycles. The van der Waals surface area contributed by atoms with Gasteiger partial charge in [0.05, 0.1) is 18.5 Å². The number of carbonyl (C=O) groups excluding carboxylic acids is 1. The summed E-state index contributed by atoms with van der Waals surface area (Å²) in [6.07, 6.45) is 6.12. The van der Waals surface area contributed by atoms with Crippen molar-refractivity contribution in [2.45, 2.75) is 20.0 Å². The van der Waals surface area contributed by atoms with Crippen molar-refractivity contribution >= 4 is 35.0 Å². The number of hydrogen-bond acceptors (Lipinski definition) is 5. The van der Waals surface area contributed by atoms with Gasteiger partial charge in [0.1, 0.15) is 23.8 Å². The van der Waals surface area contributed by atoms with Gasteiger partial charge in [0.2, 0.25) is 0 Å². The third-order valence-electron chi connectivity index (χ3n) is 5.44. The normalized spacial score (nSPS) is 14.4. The van der Waals surface area contributed by atoms with E-state index in [4.69, 9.17) is 21.7 Å². The summed E-state index contributed by atoms with van der Waals surface area (Å²) in [6.45, 7) is 5.97. The van der Waals surface area contributed by atoms with Crippen molar-refractivity contribution < 1.29 is 14.3 Å². The molecular weight excluding hydrogens is 448 g/mol. The Balaban J connectivity index is 1.58. The number of anilines is 1. The average molecular weight is 475 g/mol. The van der Waals surface area contributed by atoms with E-state index in [9.17, 15) is 4.79 Å². The van der Waals surface area contributed by atoms with Crippen molar-refractivity contribution in [1.82, 2.24) is 15.1 Å². The number of rotatable bonds is 8. The number of aromatic nitrogens is 2. The molecule has 8 heteroatoms. The Labute approximate surface area is 204 Å². The van der Waals surface area contributed by atoms with Gasteiger partial charge >= 0.3 is 0 Å². The summed E-state index contributed by atoms with van der Waals surface area (Å²) in [4.78, 5) is 14.6. The van der Waals surface area contributed by atoms with Crippen molar-refractivity contribution in [2.75, 3.05) is 12.0 Å². The average Bonchev–Trinajstić information content (AvgIpc) is 3.29. The van der Waals surface area contributed by atoms with Gasteiger partial charge in [0, 0.05) is 18.8 Å². The third-order valence-corrected chi connectivity index (χ3v) is 5.73. The fraction of sp³-hybridized carbons (Fsp3) is 0.192. The number of para-hydroxylation sites is 1. The van der Waals surface area contributed by atoms with E-state index in [1.54, 1.807) is 31.1 Å². The Morgan fingerprint density at radius 2 is 1.97 bits per heavy atom. The lowest BCUT2D eigenvalue weighted by Crippen LogP contribution is -2.30. The topological polar surface area (TPSA) is 68.6 Å². The molecule has 0 saturated carbocycles. The SMILES string of the molecule is C=CCc1ccccc1OCc1cc(/C=C2/NC(=S)N(c3cn(C)nc3C)C2=O)ccc1OC. The highest BCUT2D eigenvalue weighted by Gasteiger charge is 2.33. The molecule has 0 unspecified atom stereocenters. The van der Waals surface area contributed by atoms with Crippen LogP contribution in [0.4, 0.5) is 5.69 Å².